The number of nitrogens with one attached hydrogen (secondary N) is 1. The second kappa shape index (κ2) is 14.8. The first-order valence-corrected chi connectivity index (χ1v) is 12.9. The van der Waals surface area contributed by atoms with Crippen LogP contribution in [0.5, 0.6) is 11.5 Å². The Morgan fingerprint density at radius 1 is 0.842 bits per heavy atom. The molecule has 3 aromatic carbocycles. The van der Waals surface area contributed by atoms with Gasteiger partial charge >= 0.3 is 0 Å². The van der Waals surface area contributed by atoms with Crippen LogP contribution < -0.4 is 14.8 Å². The number of nitrogens with zero attached hydrogens (tertiary/aromatic N) is 1. The van der Waals surface area contributed by atoms with E-state index in [1.54, 1.807) is 31.3 Å². The number of methoxy groups -OCH3 is 2. The summed E-state index contributed by atoms with van der Waals surface area (Å²) in [6, 6.07) is 23.7. The zero-order chi connectivity index (χ0) is 27.3. The maximum Gasteiger partial charge on any atom is 0.247 e. The molecule has 2 amide bonds. The second-order valence-electron chi connectivity index (χ2n) is 9.25. The van der Waals surface area contributed by atoms with Gasteiger partial charge in [-0.05, 0) is 49.1 Å². The van der Waals surface area contributed by atoms with Gasteiger partial charge < -0.3 is 24.4 Å². The average molecular weight is 519 g/mol. The molecule has 0 saturated heterocycles. The first-order chi connectivity index (χ1) is 18.4. The van der Waals surface area contributed by atoms with Gasteiger partial charge in [-0.1, -0.05) is 66.7 Å². The molecular weight excluding hydrogens is 480 g/mol. The molecule has 0 aliphatic heterocycles. The number of hydrogen-bond donors (Lipinski definition) is 1. The van der Waals surface area contributed by atoms with Crippen LogP contribution in [0.3, 0.4) is 0 Å². The molecule has 7 heteroatoms. The Labute approximate surface area is 225 Å². The molecule has 3 aromatic rings. The number of amides is 2. The van der Waals surface area contributed by atoms with Crippen molar-refractivity contribution in [2.24, 2.45) is 0 Å². The Kier molecular flexibility index (Phi) is 11.2. The van der Waals surface area contributed by atoms with Crippen LogP contribution in [0.25, 0.3) is 0 Å². The largest absolute Gasteiger partial charge is 0.493 e. The van der Waals surface area contributed by atoms with Crippen LogP contribution >= 0.6 is 0 Å². The molecule has 1 N–H and O–H groups in total. The minimum Gasteiger partial charge on any atom is -0.493 e. The third-order valence-corrected chi connectivity index (χ3v) is 6.07. The fourth-order valence-electron chi connectivity index (χ4n) is 4.18. The van der Waals surface area contributed by atoms with E-state index in [0.29, 0.717) is 31.1 Å². The van der Waals surface area contributed by atoms with Crippen molar-refractivity contribution >= 4 is 11.8 Å². The lowest BCUT2D eigenvalue weighted by atomic mass is 10.0. The standard InChI is InChI=1S/C31H38N2O5/c1-23(2)38-19-11-18-32-31(35)30(26-14-9-6-10-15-26)33(22-24-12-7-5-8-13-24)29(34)21-25-16-17-27(36-3)28(20-25)37-4/h5-10,12-17,20,23,30H,11,18-19,21-22H2,1-4H3,(H,32,35)/t30-/m1/s1. The van der Waals surface area contributed by atoms with E-state index in [1.165, 1.54) is 0 Å². The number of rotatable bonds is 14. The highest BCUT2D eigenvalue weighted by atomic mass is 16.5. The number of ether oxygens (including phenoxy) is 3. The van der Waals surface area contributed by atoms with Crippen molar-refractivity contribution in [1.82, 2.24) is 10.2 Å². The van der Waals surface area contributed by atoms with E-state index in [9.17, 15) is 9.59 Å². The van der Waals surface area contributed by atoms with Crippen LogP contribution in [0.4, 0.5) is 0 Å². The van der Waals surface area contributed by atoms with Gasteiger partial charge in [-0.25, -0.2) is 0 Å². The van der Waals surface area contributed by atoms with E-state index in [1.807, 2.05) is 80.6 Å². The Hall–Kier alpha value is -3.84. The molecule has 0 saturated carbocycles. The van der Waals surface area contributed by atoms with Crippen LogP contribution in [0.15, 0.2) is 78.9 Å². The van der Waals surface area contributed by atoms with Crippen molar-refractivity contribution in [2.75, 3.05) is 27.4 Å². The molecule has 0 heterocycles. The summed E-state index contributed by atoms with van der Waals surface area (Å²) in [6.45, 7) is 5.26. The minimum atomic E-state index is -0.796. The molecule has 1 atom stereocenters. The predicted octanol–water partition coefficient (Wildman–Crippen LogP) is 4.95. The van der Waals surface area contributed by atoms with Gasteiger partial charge in [0.25, 0.3) is 0 Å². The van der Waals surface area contributed by atoms with Crippen LogP contribution in [-0.4, -0.2) is 50.2 Å². The maximum absolute atomic E-state index is 13.9. The summed E-state index contributed by atoms with van der Waals surface area (Å²) in [7, 11) is 3.13. The molecule has 0 aliphatic carbocycles. The van der Waals surface area contributed by atoms with Crippen LogP contribution in [0.1, 0.15) is 43.0 Å². The number of carbonyl (C=O) groups is 2. The Morgan fingerprint density at radius 3 is 2.13 bits per heavy atom. The molecule has 0 unspecified atom stereocenters. The van der Waals surface area contributed by atoms with Crippen molar-refractivity contribution in [3.63, 3.8) is 0 Å². The van der Waals surface area contributed by atoms with Crippen LogP contribution in [0.2, 0.25) is 0 Å². The molecule has 7 nitrogen and oxygen atoms in total. The highest BCUT2D eigenvalue weighted by molar-refractivity contribution is 5.89. The van der Waals surface area contributed by atoms with E-state index in [2.05, 4.69) is 5.32 Å². The summed E-state index contributed by atoms with van der Waals surface area (Å²) in [5, 5.41) is 3.02. The normalized spacial score (nSPS) is 11.6. The average Bonchev–Trinajstić information content (AvgIpc) is 2.93. The zero-order valence-corrected chi connectivity index (χ0v) is 22.7. The Balaban J connectivity index is 1.90. The summed E-state index contributed by atoms with van der Waals surface area (Å²) in [6.07, 6.45) is 0.925. The quantitative estimate of drug-likeness (QED) is 0.306. The molecule has 0 aliphatic rings. The van der Waals surface area contributed by atoms with Gasteiger partial charge in [0.2, 0.25) is 11.8 Å². The van der Waals surface area contributed by atoms with Gasteiger partial charge in [0, 0.05) is 19.7 Å². The molecule has 0 radical (unpaired) electrons. The van der Waals surface area contributed by atoms with Gasteiger partial charge in [-0.3, -0.25) is 9.59 Å². The summed E-state index contributed by atoms with van der Waals surface area (Å²) in [5.74, 6) is 0.742. The highest BCUT2D eigenvalue weighted by Gasteiger charge is 2.31. The maximum atomic E-state index is 13.9. The van der Waals surface area contributed by atoms with Crippen LogP contribution in [0, 0.1) is 0 Å². The molecular formula is C31H38N2O5. The molecule has 3 rings (SSSR count). The van der Waals surface area contributed by atoms with Crippen LogP contribution in [-0.2, 0) is 27.3 Å². The van der Waals surface area contributed by atoms with Gasteiger partial charge in [0.1, 0.15) is 6.04 Å². The van der Waals surface area contributed by atoms with Crippen molar-refractivity contribution in [3.05, 3.63) is 95.6 Å². The summed E-state index contributed by atoms with van der Waals surface area (Å²) in [4.78, 5) is 29.2. The summed E-state index contributed by atoms with van der Waals surface area (Å²) >= 11 is 0. The van der Waals surface area contributed by atoms with Gasteiger partial charge in [0.15, 0.2) is 11.5 Å². The number of hydrogen-bond acceptors (Lipinski definition) is 5. The topological polar surface area (TPSA) is 77.1 Å². The van der Waals surface area contributed by atoms with E-state index in [-0.39, 0.29) is 30.9 Å². The highest BCUT2D eigenvalue weighted by Crippen LogP contribution is 2.29. The number of carbonyl (C=O) groups excluding carboxylic acids is 2. The minimum absolute atomic E-state index is 0.103. The summed E-state index contributed by atoms with van der Waals surface area (Å²) < 4.78 is 16.4. The van der Waals surface area contributed by atoms with E-state index in [4.69, 9.17) is 14.2 Å². The fraction of sp³-hybridized carbons (Fsp3) is 0.355. The second-order valence-corrected chi connectivity index (χ2v) is 9.25. The first kappa shape index (κ1) is 28.7. The zero-order valence-electron chi connectivity index (χ0n) is 22.7. The lowest BCUT2D eigenvalue weighted by molar-refractivity contribution is -0.141. The molecule has 0 aromatic heterocycles. The molecule has 202 valence electrons. The van der Waals surface area contributed by atoms with Gasteiger partial charge in [-0.15, -0.1) is 0 Å². The Bertz CT molecular complexity index is 1150. The SMILES string of the molecule is COc1ccc(CC(=O)N(Cc2ccccc2)[C@@H](C(=O)NCCCOC(C)C)c2ccccc2)cc1OC. The monoisotopic (exact) mass is 518 g/mol. The Morgan fingerprint density at radius 2 is 1.50 bits per heavy atom. The van der Waals surface area contributed by atoms with E-state index >= 15 is 0 Å². The van der Waals surface area contributed by atoms with Crippen molar-refractivity contribution < 1.29 is 23.8 Å². The van der Waals surface area contributed by atoms with Crippen molar-refractivity contribution in [2.45, 2.75) is 45.4 Å². The molecule has 38 heavy (non-hydrogen) atoms. The molecule has 0 spiro atoms. The smallest absolute Gasteiger partial charge is 0.247 e. The number of benzene rings is 3. The van der Waals surface area contributed by atoms with E-state index < -0.39 is 6.04 Å². The van der Waals surface area contributed by atoms with Gasteiger partial charge in [-0.2, -0.15) is 0 Å². The van der Waals surface area contributed by atoms with Gasteiger partial charge in [0.05, 0.1) is 26.7 Å². The van der Waals surface area contributed by atoms with Crippen molar-refractivity contribution in [1.29, 1.82) is 0 Å². The van der Waals surface area contributed by atoms with E-state index in [0.717, 1.165) is 16.7 Å². The third kappa shape index (κ3) is 8.35. The van der Waals surface area contributed by atoms with Crippen molar-refractivity contribution in [3.8, 4) is 11.5 Å². The fourth-order valence-corrected chi connectivity index (χ4v) is 4.18. The lowest BCUT2D eigenvalue weighted by Gasteiger charge is -2.32. The predicted molar refractivity (Wildman–Crippen MR) is 148 cm³/mol. The third-order valence-electron chi connectivity index (χ3n) is 6.07. The lowest BCUT2D eigenvalue weighted by Crippen LogP contribution is -2.44. The molecule has 0 bridgehead atoms. The summed E-state index contributed by atoms with van der Waals surface area (Å²) in [5.41, 5.74) is 2.45. The molecule has 0 fully saturated rings. The first-order valence-electron chi connectivity index (χ1n) is 12.9.